The maximum absolute atomic E-state index is 11.4. The van der Waals surface area contributed by atoms with E-state index in [0.717, 1.165) is 10.9 Å². The van der Waals surface area contributed by atoms with Crippen molar-refractivity contribution < 1.29 is 4.79 Å². The van der Waals surface area contributed by atoms with Crippen LogP contribution in [0.2, 0.25) is 0 Å². The van der Waals surface area contributed by atoms with Gasteiger partial charge >= 0.3 is 0 Å². The van der Waals surface area contributed by atoms with Crippen molar-refractivity contribution in [2.24, 2.45) is 0 Å². The van der Waals surface area contributed by atoms with Gasteiger partial charge in [-0.25, -0.2) is 0 Å². The van der Waals surface area contributed by atoms with E-state index in [9.17, 15) is 4.79 Å². The Kier molecular flexibility index (Phi) is 4.95. The molecule has 0 aromatic heterocycles. The molecule has 1 aliphatic carbocycles. The van der Waals surface area contributed by atoms with Gasteiger partial charge in [-0.05, 0) is 44.0 Å². The van der Waals surface area contributed by atoms with Crippen LogP contribution in [0, 0.1) is 0 Å². The van der Waals surface area contributed by atoms with Gasteiger partial charge in [0.05, 0.1) is 0 Å². The summed E-state index contributed by atoms with van der Waals surface area (Å²) in [6.45, 7) is 1.67. The fourth-order valence-corrected chi connectivity index (χ4v) is 3.36. The summed E-state index contributed by atoms with van der Waals surface area (Å²) in [5.74, 6) is -0.159. The summed E-state index contributed by atoms with van der Waals surface area (Å²) in [5.41, 5.74) is 0.809. The minimum Gasteiger partial charge on any atom is -0.325 e. The average Bonchev–Trinajstić information content (AvgIpc) is 2.84. The lowest BCUT2D eigenvalue weighted by Gasteiger charge is -2.10. The van der Waals surface area contributed by atoms with E-state index in [4.69, 9.17) is 11.6 Å². The molecule has 18 heavy (non-hydrogen) atoms. The molecule has 1 unspecified atom stereocenters. The zero-order valence-electron chi connectivity index (χ0n) is 10.5. The molecule has 0 spiro atoms. The van der Waals surface area contributed by atoms with Gasteiger partial charge in [-0.1, -0.05) is 12.8 Å². The van der Waals surface area contributed by atoms with Crippen LogP contribution in [-0.2, 0) is 4.79 Å². The number of nitrogens with one attached hydrogen (secondary N) is 1. The van der Waals surface area contributed by atoms with Gasteiger partial charge in [0.1, 0.15) is 5.38 Å². The average molecular weight is 284 g/mol. The number of hydrogen-bond donors (Lipinski definition) is 1. The summed E-state index contributed by atoms with van der Waals surface area (Å²) in [7, 11) is 0. The van der Waals surface area contributed by atoms with E-state index >= 15 is 0 Å². The predicted molar refractivity (Wildman–Crippen MR) is 78.5 cm³/mol. The molecule has 2 nitrogen and oxygen atoms in total. The number of anilines is 1. The Morgan fingerprint density at radius 1 is 1.33 bits per heavy atom. The molecule has 4 heteroatoms. The monoisotopic (exact) mass is 283 g/mol. The smallest absolute Gasteiger partial charge is 0.242 e. The van der Waals surface area contributed by atoms with Gasteiger partial charge < -0.3 is 5.32 Å². The number of thioether (sulfide) groups is 1. The molecule has 0 saturated heterocycles. The molecule has 1 saturated carbocycles. The van der Waals surface area contributed by atoms with Crippen LogP contribution < -0.4 is 5.32 Å². The van der Waals surface area contributed by atoms with Crippen molar-refractivity contribution in [1.82, 2.24) is 0 Å². The number of benzene rings is 1. The number of halogens is 1. The topological polar surface area (TPSA) is 29.1 Å². The van der Waals surface area contributed by atoms with Gasteiger partial charge in [0.2, 0.25) is 5.91 Å². The number of carbonyl (C=O) groups excluding carboxylic acids is 1. The van der Waals surface area contributed by atoms with Crippen molar-refractivity contribution in [3.8, 4) is 0 Å². The summed E-state index contributed by atoms with van der Waals surface area (Å²) in [6.07, 6.45) is 5.37. The molecule has 1 aromatic carbocycles. The lowest BCUT2D eigenvalue weighted by molar-refractivity contribution is -0.115. The Morgan fingerprint density at radius 3 is 2.50 bits per heavy atom. The zero-order chi connectivity index (χ0) is 13.0. The third-order valence-electron chi connectivity index (χ3n) is 3.09. The fourth-order valence-electron chi connectivity index (χ4n) is 2.06. The van der Waals surface area contributed by atoms with Crippen LogP contribution in [0.3, 0.4) is 0 Å². The summed E-state index contributed by atoms with van der Waals surface area (Å²) in [6, 6.07) is 8.01. The Morgan fingerprint density at radius 2 is 1.94 bits per heavy atom. The Bertz CT molecular complexity index is 399. The van der Waals surface area contributed by atoms with Gasteiger partial charge in [-0.15, -0.1) is 23.4 Å². The van der Waals surface area contributed by atoms with E-state index in [0.29, 0.717) is 0 Å². The van der Waals surface area contributed by atoms with Crippen LogP contribution in [0.15, 0.2) is 29.2 Å². The third kappa shape index (κ3) is 3.92. The highest BCUT2D eigenvalue weighted by Gasteiger charge is 2.16. The van der Waals surface area contributed by atoms with Crippen LogP contribution in [-0.4, -0.2) is 16.5 Å². The van der Waals surface area contributed by atoms with Crippen molar-refractivity contribution in [3.63, 3.8) is 0 Å². The molecule has 1 aromatic rings. The molecule has 1 amide bonds. The van der Waals surface area contributed by atoms with Crippen LogP contribution in [0.4, 0.5) is 5.69 Å². The Hall–Kier alpha value is -0.670. The summed E-state index contributed by atoms with van der Waals surface area (Å²) < 4.78 is 0. The first-order valence-electron chi connectivity index (χ1n) is 6.37. The van der Waals surface area contributed by atoms with E-state index in [1.807, 2.05) is 23.9 Å². The van der Waals surface area contributed by atoms with Gasteiger partial charge in [0, 0.05) is 15.8 Å². The second-order valence-corrected chi connectivity index (χ2v) is 6.68. The van der Waals surface area contributed by atoms with E-state index in [1.165, 1.54) is 30.6 Å². The molecule has 0 heterocycles. The van der Waals surface area contributed by atoms with Crippen molar-refractivity contribution in [2.45, 2.75) is 48.1 Å². The standard InChI is InChI=1S/C14H18ClNOS/c1-10(15)14(17)16-11-6-8-13(9-7-11)18-12-4-2-3-5-12/h6-10,12H,2-5H2,1H3,(H,16,17). The normalized spacial score (nSPS) is 17.7. The highest BCUT2D eigenvalue weighted by Crippen LogP contribution is 2.34. The highest BCUT2D eigenvalue weighted by molar-refractivity contribution is 8.00. The molecule has 1 fully saturated rings. The molecule has 0 radical (unpaired) electrons. The highest BCUT2D eigenvalue weighted by atomic mass is 35.5. The van der Waals surface area contributed by atoms with Gasteiger partial charge in [-0.3, -0.25) is 4.79 Å². The molecular weight excluding hydrogens is 266 g/mol. The van der Waals surface area contributed by atoms with Crippen molar-refractivity contribution in [2.75, 3.05) is 5.32 Å². The number of carbonyl (C=O) groups is 1. The first-order chi connectivity index (χ1) is 8.65. The second kappa shape index (κ2) is 6.48. The summed E-state index contributed by atoms with van der Waals surface area (Å²) >= 11 is 7.65. The van der Waals surface area contributed by atoms with Crippen molar-refractivity contribution in [1.29, 1.82) is 0 Å². The summed E-state index contributed by atoms with van der Waals surface area (Å²) in [5, 5.41) is 3.05. The Balaban J connectivity index is 1.90. The molecule has 0 bridgehead atoms. The predicted octanol–water partition coefficient (Wildman–Crippen LogP) is 4.29. The first kappa shape index (κ1) is 13.8. The van der Waals surface area contributed by atoms with Crippen molar-refractivity contribution in [3.05, 3.63) is 24.3 Å². The molecule has 2 rings (SSSR count). The maximum atomic E-state index is 11.4. The third-order valence-corrected chi connectivity index (χ3v) is 4.64. The minimum absolute atomic E-state index is 0.159. The minimum atomic E-state index is -0.502. The molecule has 1 atom stereocenters. The molecule has 0 aliphatic heterocycles. The lowest BCUT2D eigenvalue weighted by Crippen LogP contribution is -2.20. The van der Waals surface area contributed by atoms with Crippen LogP contribution in [0.1, 0.15) is 32.6 Å². The molecule has 98 valence electrons. The van der Waals surface area contributed by atoms with Crippen LogP contribution in [0.25, 0.3) is 0 Å². The van der Waals surface area contributed by atoms with E-state index < -0.39 is 5.38 Å². The van der Waals surface area contributed by atoms with Gasteiger partial charge in [0.15, 0.2) is 0 Å². The molecule has 1 N–H and O–H groups in total. The van der Waals surface area contributed by atoms with Gasteiger partial charge in [0.25, 0.3) is 0 Å². The van der Waals surface area contributed by atoms with E-state index in [2.05, 4.69) is 17.4 Å². The summed E-state index contributed by atoms with van der Waals surface area (Å²) in [4.78, 5) is 12.7. The number of amides is 1. The number of hydrogen-bond acceptors (Lipinski definition) is 2. The number of alkyl halides is 1. The molecule has 1 aliphatic rings. The van der Waals surface area contributed by atoms with Crippen molar-refractivity contribution >= 4 is 35.0 Å². The fraction of sp³-hybridized carbons (Fsp3) is 0.500. The van der Waals surface area contributed by atoms with E-state index in [1.54, 1.807) is 6.92 Å². The van der Waals surface area contributed by atoms with Crippen LogP contribution in [0.5, 0.6) is 0 Å². The SMILES string of the molecule is CC(Cl)C(=O)Nc1ccc(SC2CCCC2)cc1. The van der Waals surface area contributed by atoms with Gasteiger partial charge in [-0.2, -0.15) is 0 Å². The second-order valence-electron chi connectivity index (χ2n) is 4.65. The lowest BCUT2D eigenvalue weighted by atomic mass is 10.3. The van der Waals surface area contributed by atoms with Crippen LogP contribution >= 0.6 is 23.4 Å². The number of rotatable bonds is 4. The first-order valence-corrected chi connectivity index (χ1v) is 7.68. The van der Waals surface area contributed by atoms with E-state index in [-0.39, 0.29) is 5.91 Å². The zero-order valence-corrected chi connectivity index (χ0v) is 12.1. The Labute approximate surface area is 117 Å². The maximum Gasteiger partial charge on any atom is 0.242 e. The quantitative estimate of drug-likeness (QED) is 0.835. The largest absolute Gasteiger partial charge is 0.325 e. The molecular formula is C14H18ClNOS.